The maximum absolute atomic E-state index is 4.35. The highest BCUT2D eigenvalue weighted by Gasteiger charge is 2.10. The fraction of sp³-hybridized carbons (Fsp3) is 0.125. The van der Waals surface area contributed by atoms with Gasteiger partial charge in [0, 0.05) is 17.9 Å². The lowest BCUT2D eigenvalue weighted by Crippen LogP contribution is -2.08. The predicted octanol–water partition coefficient (Wildman–Crippen LogP) is 4.29. The SMILES string of the molecule is CC1=Cc2cc(Nc3ncnc4[nH]c(Br)cc34)ccc2NC1. The van der Waals surface area contributed by atoms with E-state index in [0.29, 0.717) is 0 Å². The summed E-state index contributed by atoms with van der Waals surface area (Å²) in [4.78, 5) is 11.7. The number of rotatable bonds is 2. The number of benzene rings is 1. The average molecular weight is 356 g/mol. The van der Waals surface area contributed by atoms with E-state index in [1.54, 1.807) is 6.33 Å². The number of fused-ring (bicyclic) bond motifs is 2. The lowest BCUT2D eigenvalue weighted by molar-refractivity contribution is 1.19. The lowest BCUT2D eigenvalue weighted by atomic mass is 10.0. The minimum Gasteiger partial charge on any atom is -0.381 e. The van der Waals surface area contributed by atoms with E-state index < -0.39 is 0 Å². The Labute approximate surface area is 136 Å². The highest BCUT2D eigenvalue weighted by atomic mass is 79.9. The van der Waals surface area contributed by atoms with Gasteiger partial charge in [0.05, 0.1) is 9.99 Å². The third-order valence-corrected chi connectivity index (χ3v) is 4.09. The zero-order valence-corrected chi connectivity index (χ0v) is 13.5. The predicted molar refractivity (Wildman–Crippen MR) is 93.5 cm³/mol. The molecule has 0 unspecified atom stereocenters. The second-order valence-electron chi connectivity index (χ2n) is 5.37. The van der Waals surface area contributed by atoms with Crippen LogP contribution < -0.4 is 10.6 Å². The first-order valence-corrected chi connectivity index (χ1v) is 7.80. The van der Waals surface area contributed by atoms with Gasteiger partial charge < -0.3 is 15.6 Å². The van der Waals surface area contributed by atoms with Crippen molar-refractivity contribution in [3.05, 3.63) is 46.3 Å². The number of nitrogens with one attached hydrogen (secondary N) is 3. The quantitative estimate of drug-likeness (QED) is 0.641. The van der Waals surface area contributed by atoms with E-state index in [1.165, 1.54) is 11.1 Å². The monoisotopic (exact) mass is 355 g/mol. The Kier molecular flexibility index (Phi) is 3.11. The van der Waals surface area contributed by atoms with Crippen LogP contribution in [0.2, 0.25) is 0 Å². The molecule has 0 radical (unpaired) electrons. The Hall–Kier alpha value is -2.34. The first kappa shape index (κ1) is 13.3. The van der Waals surface area contributed by atoms with E-state index >= 15 is 0 Å². The average Bonchev–Trinajstić information content (AvgIpc) is 2.88. The van der Waals surface area contributed by atoms with Crippen LogP contribution in [0.25, 0.3) is 17.1 Å². The first-order valence-electron chi connectivity index (χ1n) is 7.00. The third kappa shape index (κ3) is 2.35. The largest absolute Gasteiger partial charge is 0.381 e. The zero-order valence-electron chi connectivity index (χ0n) is 11.9. The van der Waals surface area contributed by atoms with Gasteiger partial charge in [-0.15, -0.1) is 0 Å². The van der Waals surface area contributed by atoms with Crippen molar-refractivity contribution >= 4 is 50.2 Å². The molecule has 0 bridgehead atoms. The smallest absolute Gasteiger partial charge is 0.143 e. The van der Waals surface area contributed by atoms with Crippen LogP contribution in [0.4, 0.5) is 17.2 Å². The molecule has 110 valence electrons. The van der Waals surface area contributed by atoms with Gasteiger partial charge in [-0.2, -0.15) is 0 Å². The van der Waals surface area contributed by atoms with Crippen molar-refractivity contribution in [2.24, 2.45) is 0 Å². The molecule has 1 aromatic carbocycles. The summed E-state index contributed by atoms with van der Waals surface area (Å²) in [6.07, 6.45) is 3.76. The van der Waals surface area contributed by atoms with Crippen molar-refractivity contribution in [3.8, 4) is 0 Å². The molecule has 3 aromatic rings. The van der Waals surface area contributed by atoms with Gasteiger partial charge >= 0.3 is 0 Å². The molecule has 5 nitrogen and oxygen atoms in total. The fourth-order valence-electron chi connectivity index (χ4n) is 2.62. The van der Waals surface area contributed by atoms with E-state index in [2.05, 4.69) is 72.7 Å². The summed E-state index contributed by atoms with van der Waals surface area (Å²) in [7, 11) is 0. The van der Waals surface area contributed by atoms with Gasteiger partial charge in [0.2, 0.25) is 0 Å². The molecule has 0 atom stereocenters. The minimum atomic E-state index is 0.788. The van der Waals surface area contributed by atoms with E-state index in [1.807, 2.05) is 6.07 Å². The van der Waals surface area contributed by atoms with Gasteiger partial charge in [0.25, 0.3) is 0 Å². The molecule has 0 spiro atoms. The van der Waals surface area contributed by atoms with E-state index in [4.69, 9.17) is 0 Å². The van der Waals surface area contributed by atoms with Crippen LogP contribution in [0, 0.1) is 0 Å². The van der Waals surface area contributed by atoms with Crippen molar-refractivity contribution in [1.29, 1.82) is 0 Å². The maximum atomic E-state index is 4.35. The molecule has 0 aliphatic carbocycles. The van der Waals surface area contributed by atoms with Crippen molar-refractivity contribution in [2.45, 2.75) is 6.92 Å². The van der Waals surface area contributed by atoms with Crippen LogP contribution in [0.3, 0.4) is 0 Å². The van der Waals surface area contributed by atoms with Gasteiger partial charge in [-0.3, -0.25) is 0 Å². The number of halogens is 1. The molecule has 22 heavy (non-hydrogen) atoms. The van der Waals surface area contributed by atoms with E-state index in [0.717, 1.165) is 39.4 Å². The van der Waals surface area contributed by atoms with Crippen molar-refractivity contribution in [3.63, 3.8) is 0 Å². The Bertz CT molecular complexity index is 897. The summed E-state index contributed by atoms with van der Waals surface area (Å²) in [5.74, 6) is 0.788. The first-order chi connectivity index (χ1) is 10.7. The lowest BCUT2D eigenvalue weighted by Gasteiger charge is -2.17. The topological polar surface area (TPSA) is 65.6 Å². The molecule has 0 amide bonds. The molecule has 6 heteroatoms. The van der Waals surface area contributed by atoms with Crippen LogP contribution in [0.5, 0.6) is 0 Å². The Morgan fingerprint density at radius 2 is 2.14 bits per heavy atom. The summed E-state index contributed by atoms with van der Waals surface area (Å²) >= 11 is 3.43. The molecule has 1 aliphatic rings. The maximum Gasteiger partial charge on any atom is 0.143 e. The third-order valence-electron chi connectivity index (χ3n) is 3.67. The molecule has 1 aliphatic heterocycles. The van der Waals surface area contributed by atoms with E-state index in [-0.39, 0.29) is 0 Å². The Morgan fingerprint density at radius 1 is 1.23 bits per heavy atom. The normalized spacial score (nSPS) is 13.5. The summed E-state index contributed by atoms with van der Waals surface area (Å²) in [6.45, 7) is 3.03. The number of aromatic amines is 1. The molecule has 0 saturated carbocycles. The van der Waals surface area contributed by atoms with E-state index in [9.17, 15) is 0 Å². The zero-order chi connectivity index (χ0) is 15.1. The van der Waals surface area contributed by atoms with Crippen molar-refractivity contribution in [1.82, 2.24) is 15.0 Å². The Balaban J connectivity index is 1.73. The summed E-state index contributed by atoms with van der Waals surface area (Å²) < 4.78 is 0.888. The van der Waals surface area contributed by atoms with Gasteiger partial charge in [-0.05, 0) is 52.7 Å². The molecule has 4 rings (SSSR count). The van der Waals surface area contributed by atoms with Crippen LogP contribution in [0.15, 0.2) is 40.8 Å². The molecular weight excluding hydrogens is 342 g/mol. The van der Waals surface area contributed by atoms with Crippen LogP contribution >= 0.6 is 15.9 Å². The number of anilines is 3. The fourth-order valence-corrected chi connectivity index (χ4v) is 3.03. The molecule has 3 N–H and O–H groups in total. The van der Waals surface area contributed by atoms with Gasteiger partial charge in [-0.25, -0.2) is 9.97 Å². The minimum absolute atomic E-state index is 0.788. The standard InChI is InChI=1S/C16H14BrN5/c1-9-4-10-5-11(2-3-13(10)18-7-9)21-15-12-6-14(17)22-16(12)20-8-19-15/h2-6,8,18H,7H2,1H3,(H2,19,20,21,22). The molecular formula is C16H14BrN5. The second-order valence-corrected chi connectivity index (χ2v) is 6.23. The van der Waals surface area contributed by atoms with Crippen molar-refractivity contribution in [2.75, 3.05) is 17.2 Å². The summed E-state index contributed by atoms with van der Waals surface area (Å²) in [5.41, 5.74) is 5.48. The number of hydrogen-bond donors (Lipinski definition) is 3. The number of H-pyrrole nitrogens is 1. The van der Waals surface area contributed by atoms with Crippen LogP contribution in [-0.4, -0.2) is 21.5 Å². The molecule has 3 heterocycles. The van der Waals surface area contributed by atoms with Crippen molar-refractivity contribution < 1.29 is 0 Å². The molecule has 0 fully saturated rings. The van der Waals surface area contributed by atoms with Crippen LogP contribution in [-0.2, 0) is 0 Å². The highest BCUT2D eigenvalue weighted by molar-refractivity contribution is 9.10. The summed E-state index contributed by atoms with van der Waals surface area (Å²) in [6, 6.07) is 8.24. The van der Waals surface area contributed by atoms with Gasteiger partial charge in [0.15, 0.2) is 0 Å². The Morgan fingerprint density at radius 3 is 3.05 bits per heavy atom. The number of nitrogens with zero attached hydrogens (tertiary/aromatic N) is 2. The number of hydrogen-bond acceptors (Lipinski definition) is 4. The summed E-state index contributed by atoms with van der Waals surface area (Å²) in [5, 5.41) is 7.74. The number of aromatic nitrogens is 3. The highest BCUT2D eigenvalue weighted by Crippen LogP contribution is 2.30. The van der Waals surface area contributed by atoms with Gasteiger partial charge in [0.1, 0.15) is 17.8 Å². The molecule has 0 saturated heterocycles. The second kappa shape index (κ2) is 5.14. The molecule has 2 aromatic heterocycles. The van der Waals surface area contributed by atoms with Gasteiger partial charge in [-0.1, -0.05) is 11.6 Å². The van der Waals surface area contributed by atoms with Crippen LogP contribution in [0.1, 0.15) is 12.5 Å².